The largest absolute Gasteiger partial charge is 0.478 e. The maximum absolute atomic E-state index is 11.2. The van der Waals surface area contributed by atoms with Crippen molar-refractivity contribution in [3.8, 4) is 0 Å². The number of aryl methyl sites for hydroxylation is 1. The van der Waals surface area contributed by atoms with Gasteiger partial charge in [-0.05, 0) is 18.6 Å². The number of hydrogen-bond donors (Lipinski definition) is 1. The molecule has 1 heterocycles. The van der Waals surface area contributed by atoms with Crippen LogP contribution in [0, 0.1) is 6.92 Å². The lowest BCUT2D eigenvalue weighted by molar-refractivity contribution is 0.0698. The fourth-order valence-corrected chi connectivity index (χ4v) is 2.07. The fourth-order valence-electron chi connectivity index (χ4n) is 2.07. The van der Waals surface area contributed by atoms with Crippen molar-refractivity contribution in [2.24, 2.45) is 0 Å². The van der Waals surface area contributed by atoms with Gasteiger partial charge in [0.15, 0.2) is 0 Å². The quantitative estimate of drug-likeness (QED) is 0.881. The van der Waals surface area contributed by atoms with Crippen LogP contribution < -0.4 is 0 Å². The van der Waals surface area contributed by atoms with Crippen LogP contribution >= 0.6 is 0 Å². The third-order valence-corrected chi connectivity index (χ3v) is 2.88. The molecule has 0 aliphatic heterocycles. The lowest BCUT2D eigenvalue weighted by atomic mass is 10.1. The number of carboxylic acid groups (broad SMARTS) is 1. The first-order valence-corrected chi connectivity index (χ1v) is 5.46. The first-order valence-electron chi connectivity index (χ1n) is 5.46. The molecule has 1 aromatic heterocycles. The predicted molar refractivity (Wildman–Crippen MR) is 65.5 cm³/mol. The number of methoxy groups -OCH3 is 1. The van der Waals surface area contributed by atoms with Crippen LogP contribution in [0.2, 0.25) is 0 Å². The summed E-state index contributed by atoms with van der Waals surface area (Å²) in [5.74, 6) is -0.888. The van der Waals surface area contributed by atoms with Gasteiger partial charge >= 0.3 is 5.97 Å². The van der Waals surface area contributed by atoms with Crippen molar-refractivity contribution >= 4 is 16.9 Å². The van der Waals surface area contributed by atoms with Crippen molar-refractivity contribution in [2.75, 3.05) is 13.7 Å². The Balaban J connectivity index is 2.62. The number of carboxylic acids is 1. The number of hydrogen-bond acceptors (Lipinski definition) is 2. The maximum Gasteiger partial charge on any atom is 0.337 e. The van der Waals surface area contributed by atoms with E-state index in [-0.39, 0.29) is 0 Å². The normalized spacial score (nSPS) is 10.9. The average Bonchev–Trinajstić information content (AvgIpc) is 2.67. The molecule has 0 amide bonds. The molecule has 4 heteroatoms. The van der Waals surface area contributed by atoms with E-state index < -0.39 is 5.97 Å². The molecule has 1 N–H and O–H groups in total. The predicted octanol–water partition coefficient (Wildman–Crippen LogP) is 2.29. The fraction of sp³-hybridized carbons (Fsp3) is 0.308. The van der Waals surface area contributed by atoms with Crippen LogP contribution in [-0.2, 0) is 11.3 Å². The Hall–Kier alpha value is -1.81. The molecular formula is C13H15NO3. The maximum atomic E-state index is 11.2. The minimum atomic E-state index is -0.888. The molecular weight excluding hydrogens is 218 g/mol. The van der Waals surface area contributed by atoms with Gasteiger partial charge < -0.3 is 14.4 Å². The molecule has 0 fully saturated rings. The Morgan fingerprint density at radius 1 is 1.47 bits per heavy atom. The number of aromatic nitrogens is 1. The summed E-state index contributed by atoms with van der Waals surface area (Å²) in [6.45, 7) is 3.15. The van der Waals surface area contributed by atoms with E-state index in [2.05, 4.69) is 0 Å². The first kappa shape index (κ1) is 11.7. The summed E-state index contributed by atoms with van der Waals surface area (Å²) in [5, 5.41) is 10.0. The van der Waals surface area contributed by atoms with Crippen molar-refractivity contribution in [2.45, 2.75) is 13.5 Å². The van der Waals surface area contributed by atoms with Crippen LogP contribution in [0.5, 0.6) is 0 Å². The van der Waals surface area contributed by atoms with Gasteiger partial charge in [0.05, 0.1) is 12.2 Å². The second kappa shape index (κ2) is 4.59. The minimum absolute atomic E-state index is 0.356. The van der Waals surface area contributed by atoms with E-state index in [1.54, 1.807) is 13.3 Å². The zero-order valence-corrected chi connectivity index (χ0v) is 9.93. The van der Waals surface area contributed by atoms with Crippen molar-refractivity contribution in [3.63, 3.8) is 0 Å². The molecule has 0 aliphatic rings. The summed E-state index contributed by atoms with van der Waals surface area (Å²) >= 11 is 0. The molecule has 1 aromatic carbocycles. The molecule has 90 valence electrons. The summed E-state index contributed by atoms with van der Waals surface area (Å²) in [7, 11) is 1.63. The van der Waals surface area contributed by atoms with E-state index >= 15 is 0 Å². The average molecular weight is 233 g/mol. The number of nitrogens with zero attached hydrogens (tertiary/aromatic N) is 1. The molecule has 0 saturated carbocycles. The van der Waals surface area contributed by atoms with E-state index in [0.29, 0.717) is 18.7 Å². The summed E-state index contributed by atoms with van der Waals surface area (Å²) < 4.78 is 6.95. The SMILES string of the molecule is COCCn1cc(C(=O)O)c2c(C)cccc21. The van der Waals surface area contributed by atoms with Crippen LogP contribution in [-0.4, -0.2) is 29.4 Å². The van der Waals surface area contributed by atoms with Crippen LogP contribution in [0.1, 0.15) is 15.9 Å². The van der Waals surface area contributed by atoms with Gasteiger partial charge in [-0.15, -0.1) is 0 Å². The molecule has 0 saturated heterocycles. The highest BCUT2D eigenvalue weighted by Gasteiger charge is 2.15. The van der Waals surface area contributed by atoms with E-state index in [9.17, 15) is 9.90 Å². The van der Waals surface area contributed by atoms with Gasteiger partial charge in [-0.1, -0.05) is 12.1 Å². The van der Waals surface area contributed by atoms with Gasteiger partial charge in [0, 0.05) is 30.8 Å². The van der Waals surface area contributed by atoms with Crippen LogP contribution in [0.25, 0.3) is 10.9 Å². The molecule has 0 unspecified atom stereocenters. The highest BCUT2D eigenvalue weighted by atomic mass is 16.5. The Morgan fingerprint density at radius 2 is 2.24 bits per heavy atom. The number of carbonyl (C=O) groups is 1. The van der Waals surface area contributed by atoms with E-state index in [1.807, 2.05) is 29.7 Å². The summed E-state index contributed by atoms with van der Waals surface area (Å²) in [6.07, 6.45) is 1.68. The Kier molecular flexibility index (Phi) is 3.15. The second-order valence-corrected chi connectivity index (χ2v) is 4.00. The van der Waals surface area contributed by atoms with Crippen LogP contribution in [0.15, 0.2) is 24.4 Å². The summed E-state index contributed by atoms with van der Waals surface area (Å²) in [5.41, 5.74) is 2.28. The zero-order valence-electron chi connectivity index (χ0n) is 9.93. The third kappa shape index (κ3) is 2.03. The number of benzene rings is 1. The smallest absolute Gasteiger partial charge is 0.337 e. The van der Waals surface area contributed by atoms with Gasteiger partial charge in [-0.3, -0.25) is 0 Å². The molecule has 2 aromatic rings. The molecule has 0 radical (unpaired) electrons. The monoisotopic (exact) mass is 233 g/mol. The topological polar surface area (TPSA) is 51.5 Å². The zero-order chi connectivity index (χ0) is 12.4. The second-order valence-electron chi connectivity index (χ2n) is 4.00. The highest BCUT2D eigenvalue weighted by molar-refractivity contribution is 6.04. The van der Waals surface area contributed by atoms with Gasteiger partial charge in [-0.2, -0.15) is 0 Å². The molecule has 2 rings (SSSR count). The summed E-state index contributed by atoms with van der Waals surface area (Å²) in [4.78, 5) is 11.2. The Bertz CT molecular complexity index is 557. The number of ether oxygens (including phenoxy) is 1. The van der Waals surface area contributed by atoms with Gasteiger partial charge in [-0.25, -0.2) is 4.79 Å². The Labute approximate surface area is 99.4 Å². The number of aromatic carboxylic acids is 1. The lowest BCUT2D eigenvalue weighted by Crippen LogP contribution is -2.02. The van der Waals surface area contributed by atoms with E-state index in [1.165, 1.54) is 0 Å². The van der Waals surface area contributed by atoms with E-state index in [0.717, 1.165) is 16.5 Å². The molecule has 0 atom stereocenters. The summed E-state index contributed by atoms with van der Waals surface area (Å²) in [6, 6.07) is 5.80. The molecule has 0 aliphatic carbocycles. The van der Waals surface area contributed by atoms with Crippen LogP contribution in [0.3, 0.4) is 0 Å². The molecule has 4 nitrogen and oxygen atoms in total. The van der Waals surface area contributed by atoms with Gasteiger partial charge in [0.2, 0.25) is 0 Å². The lowest BCUT2D eigenvalue weighted by Gasteiger charge is -2.04. The standard InChI is InChI=1S/C13H15NO3/c1-9-4-3-5-11-12(9)10(13(15)16)8-14(11)6-7-17-2/h3-5,8H,6-7H2,1-2H3,(H,15,16). The van der Waals surface area contributed by atoms with Crippen molar-refractivity contribution in [1.82, 2.24) is 4.57 Å². The highest BCUT2D eigenvalue weighted by Crippen LogP contribution is 2.24. The number of fused-ring (bicyclic) bond motifs is 1. The third-order valence-electron chi connectivity index (χ3n) is 2.88. The first-order chi connectivity index (χ1) is 8.15. The van der Waals surface area contributed by atoms with E-state index in [4.69, 9.17) is 4.74 Å². The molecule has 0 spiro atoms. The van der Waals surface area contributed by atoms with Crippen molar-refractivity contribution < 1.29 is 14.6 Å². The molecule has 0 bridgehead atoms. The van der Waals surface area contributed by atoms with Gasteiger partial charge in [0.25, 0.3) is 0 Å². The van der Waals surface area contributed by atoms with Gasteiger partial charge in [0.1, 0.15) is 0 Å². The number of rotatable bonds is 4. The molecule has 17 heavy (non-hydrogen) atoms. The Morgan fingerprint density at radius 3 is 2.88 bits per heavy atom. The van der Waals surface area contributed by atoms with Crippen molar-refractivity contribution in [1.29, 1.82) is 0 Å². The van der Waals surface area contributed by atoms with Crippen LogP contribution in [0.4, 0.5) is 0 Å². The minimum Gasteiger partial charge on any atom is -0.478 e. The van der Waals surface area contributed by atoms with Crippen molar-refractivity contribution in [3.05, 3.63) is 35.5 Å².